The minimum absolute atomic E-state index is 0.654. The Bertz CT molecular complexity index is 446. The lowest BCUT2D eigenvalue weighted by atomic mass is 10.2. The number of hydrogen-bond acceptors (Lipinski definition) is 4. The zero-order chi connectivity index (χ0) is 15.2. The molecule has 1 atom stereocenters. The monoisotopic (exact) mass is 291 g/mol. The van der Waals surface area contributed by atoms with Gasteiger partial charge in [0.05, 0.1) is 6.61 Å². The summed E-state index contributed by atoms with van der Waals surface area (Å²) >= 11 is 0. The predicted molar refractivity (Wildman–Crippen MR) is 90.2 cm³/mol. The van der Waals surface area contributed by atoms with Gasteiger partial charge in [-0.15, -0.1) is 0 Å². The second-order valence-corrected chi connectivity index (χ2v) is 5.72. The Hall–Kier alpha value is -1.42. The smallest absolute Gasteiger partial charge is 0.123 e. The summed E-state index contributed by atoms with van der Waals surface area (Å²) in [6, 6.07) is 6.75. The van der Waals surface area contributed by atoms with E-state index in [2.05, 4.69) is 42.7 Å². The maximum Gasteiger partial charge on any atom is 0.123 e. The highest BCUT2D eigenvalue weighted by atomic mass is 16.5. The Kier molecular flexibility index (Phi) is 5.74. The number of hydrogen-bond donors (Lipinski definition) is 1. The normalized spacial score (nSPS) is 18.5. The van der Waals surface area contributed by atoms with E-state index in [0.717, 1.165) is 50.6 Å². The molecule has 1 aliphatic heterocycles. The second-order valence-electron chi connectivity index (χ2n) is 5.72. The molecule has 118 valence electrons. The second kappa shape index (κ2) is 7.55. The van der Waals surface area contributed by atoms with Crippen molar-refractivity contribution in [3.8, 4) is 5.75 Å². The molecule has 1 unspecified atom stereocenters. The molecule has 0 bridgehead atoms. The van der Waals surface area contributed by atoms with E-state index < -0.39 is 0 Å². The van der Waals surface area contributed by atoms with Crippen LogP contribution in [0.4, 0.5) is 11.4 Å². The first-order valence-electron chi connectivity index (χ1n) is 8.20. The van der Waals surface area contributed by atoms with Crippen LogP contribution in [-0.4, -0.2) is 43.7 Å². The fourth-order valence-electron chi connectivity index (χ4n) is 3.11. The van der Waals surface area contributed by atoms with Crippen molar-refractivity contribution in [3.05, 3.63) is 18.2 Å². The maximum atomic E-state index is 6.03. The van der Waals surface area contributed by atoms with Crippen molar-refractivity contribution in [1.82, 2.24) is 4.90 Å². The van der Waals surface area contributed by atoms with Crippen LogP contribution < -0.4 is 15.4 Å². The first kappa shape index (κ1) is 16.0. The van der Waals surface area contributed by atoms with Crippen LogP contribution in [0.1, 0.15) is 33.6 Å². The fraction of sp³-hybridized carbons (Fsp3) is 0.647. The van der Waals surface area contributed by atoms with Crippen LogP contribution in [0.15, 0.2) is 18.2 Å². The summed E-state index contributed by atoms with van der Waals surface area (Å²) in [6.45, 7) is 11.8. The van der Waals surface area contributed by atoms with Gasteiger partial charge >= 0.3 is 0 Å². The average Bonchev–Trinajstić information content (AvgIpc) is 2.96. The molecule has 2 N–H and O–H groups in total. The third kappa shape index (κ3) is 4.03. The number of nitrogens with zero attached hydrogens (tertiary/aromatic N) is 2. The van der Waals surface area contributed by atoms with E-state index in [1.807, 2.05) is 6.07 Å². The molecule has 4 heteroatoms. The summed E-state index contributed by atoms with van der Waals surface area (Å²) in [7, 11) is 0. The number of likely N-dealkylation sites (N-methyl/N-ethyl adjacent to an activating group) is 1. The molecule has 4 nitrogen and oxygen atoms in total. The Balaban J connectivity index is 2.06. The Labute approximate surface area is 128 Å². The van der Waals surface area contributed by atoms with Crippen LogP contribution in [0.5, 0.6) is 5.75 Å². The van der Waals surface area contributed by atoms with Crippen molar-refractivity contribution in [1.29, 1.82) is 0 Å². The molecule has 1 fully saturated rings. The lowest BCUT2D eigenvalue weighted by Crippen LogP contribution is -2.37. The van der Waals surface area contributed by atoms with Crippen molar-refractivity contribution in [2.75, 3.05) is 43.4 Å². The number of rotatable bonds is 7. The molecule has 21 heavy (non-hydrogen) atoms. The molecule has 1 aliphatic rings. The van der Waals surface area contributed by atoms with Gasteiger partial charge in [0.15, 0.2) is 0 Å². The fourth-order valence-corrected chi connectivity index (χ4v) is 3.11. The highest BCUT2D eigenvalue weighted by Gasteiger charge is 2.26. The van der Waals surface area contributed by atoms with E-state index >= 15 is 0 Å². The van der Waals surface area contributed by atoms with E-state index in [4.69, 9.17) is 10.5 Å². The minimum atomic E-state index is 0.654. The molecule has 1 aromatic carbocycles. The SMILES string of the molecule is CCCOc1cc(N)cc(N2CCC(N(CC)CC)C2)c1. The van der Waals surface area contributed by atoms with Crippen LogP contribution in [0.25, 0.3) is 0 Å². The Morgan fingerprint density at radius 3 is 2.67 bits per heavy atom. The molecule has 0 aromatic heterocycles. The van der Waals surface area contributed by atoms with Crippen LogP contribution >= 0.6 is 0 Å². The van der Waals surface area contributed by atoms with Gasteiger partial charge in [0.2, 0.25) is 0 Å². The highest BCUT2D eigenvalue weighted by molar-refractivity contribution is 5.61. The molecule has 0 aliphatic carbocycles. The molecular weight excluding hydrogens is 262 g/mol. The molecule has 1 saturated heterocycles. The molecule has 0 saturated carbocycles. The first-order valence-corrected chi connectivity index (χ1v) is 8.20. The van der Waals surface area contributed by atoms with Gasteiger partial charge in [0.25, 0.3) is 0 Å². The molecule has 2 rings (SSSR count). The number of nitrogens with two attached hydrogens (primary N) is 1. The highest BCUT2D eigenvalue weighted by Crippen LogP contribution is 2.29. The minimum Gasteiger partial charge on any atom is -0.493 e. The standard InChI is InChI=1S/C17H29N3O/c1-4-9-21-17-11-14(18)10-16(12-17)20-8-7-15(13-20)19(5-2)6-3/h10-12,15H,4-9,13,18H2,1-3H3. The molecular formula is C17H29N3O. The van der Waals surface area contributed by atoms with Gasteiger partial charge in [-0.25, -0.2) is 0 Å². The molecule has 0 amide bonds. The maximum absolute atomic E-state index is 6.03. The summed E-state index contributed by atoms with van der Waals surface area (Å²) in [6.07, 6.45) is 2.24. The van der Waals surface area contributed by atoms with Crippen LogP contribution in [-0.2, 0) is 0 Å². The van der Waals surface area contributed by atoms with Gasteiger partial charge in [0.1, 0.15) is 5.75 Å². The van der Waals surface area contributed by atoms with Gasteiger partial charge in [-0.1, -0.05) is 20.8 Å². The lowest BCUT2D eigenvalue weighted by Gasteiger charge is -2.27. The van der Waals surface area contributed by atoms with Gasteiger partial charge in [-0.3, -0.25) is 4.90 Å². The van der Waals surface area contributed by atoms with Crippen molar-refractivity contribution in [3.63, 3.8) is 0 Å². The Morgan fingerprint density at radius 1 is 1.24 bits per heavy atom. The number of ether oxygens (including phenoxy) is 1. The van der Waals surface area contributed by atoms with Crippen LogP contribution in [0.3, 0.4) is 0 Å². The molecule has 0 radical (unpaired) electrons. The van der Waals surface area contributed by atoms with E-state index in [9.17, 15) is 0 Å². The molecule has 1 aromatic rings. The number of anilines is 2. The Morgan fingerprint density at radius 2 is 2.00 bits per heavy atom. The van der Waals surface area contributed by atoms with Crippen molar-refractivity contribution in [2.24, 2.45) is 0 Å². The van der Waals surface area contributed by atoms with Gasteiger partial charge in [-0.05, 0) is 32.0 Å². The molecule has 0 spiro atoms. The zero-order valence-corrected chi connectivity index (χ0v) is 13.6. The van der Waals surface area contributed by atoms with Crippen LogP contribution in [0.2, 0.25) is 0 Å². The summed E-state index contributed by atoms with van der Waals surface area (Å²) < 4.78 is 5.74. The summed E-state index contributed by atoms with van der Waals surface area (Å²) in [5.41, 5.74) is 8.00. The largest absolute Gasteiger partial charge is 0.493 e. The van der Waals surface area contributed by atoms with Gasteiger partial charge in [0, 0.05) is 42.6 Å². The van der Waals surface area contributed by atoms with E-state index in [1.165, 1.54) is 12.1 Å². The van der Waals surface area contributed by atoms with Crippen molar-refractivity contribution >= 4 is 11.4 Å². The summed E-state index contributed by atoms with van der Waals surface area (Å²) in [5, 5.41) is 0. The third-order valence-electron chi connectivity index (χ3n) is 4.24. The average molecular weight is 291 g/mol. The van der Waals surface area contributed by atoms with Gasteiger partial charge in [-0.2, -0.15) is 0 Å². The number of nitrogen functional groups attached to an aromatic ring is 1. The third-order valence-corrected chi connectivity index (χ3v) is 4.24. The van der Waals surface area contributed by atoms with Crippen LogP contribution in [0, 0.1) is 0 Å². The predicted octanol–water partition coefficient (Wildman–Crippen LogP) is 2.98. The van der Waals surface area contributed by atoms with E-state index in [-0.39, 0.29) is 0 Å². The first-order chi connectivity index (χ1) is 10.2. The quantitative estimate of drug-likeness (QED) is 0.784. The molecule has 1 heterocycles. The number of benzene rings is 1. The van der Waals surface area contributed by atoms with Crippen molar-refractivity contribution < 1.29 is 4.74 Å². The van der Waals surface area contributed by atoms with Gasteiger partial charge < -0.3 is 15.4 Å². The summed E-state index contributed by atoms with van der Waals surface area (Å²) in [4.78, 5) is 4.97. The summed E-state index contributed by atoms with van der Waals surface area (Å²) in [5.74, 6) is 0.887. The topological polar surface area (TPSA) is 41.7 Å². The van der Waals surface area contributed by atoms with Crippen molar-refractivity contribution in [2.45, 2.75) is 39.7 Å². The van der Waals surface area contributed by atoms with E-state index in [1.54, 1.807) is 0 Å². The zero-order valence-electron chi connectivity index (χ0n) is 13.6. The van der Waals surface area contributed by atoms with E-state index in [0.29, 0.717) is 6.04 Å². The lowest BCUT2D eigenvalue weighted by molar-refractivity contribution is 0.232.